The molecule has 140 valence electrons. The van der Waals surface area contributed by atoms with E-state index in [0.29, 0.717) is 12.6 Å². The van der Waals surface area contributed by atoms with E-state index in [2.05, 4.69) is 20.8 Å². The molecule has 1 atom stereocenters. The van der Waals surface area contributed by atoms with Crippen LogP contribution in [0.25, 0.3) is 20.5 Å². The summed E-state index contributed by atoms with van der Waals surface area (Å²) in [5.74, 6) is -0.886. The van der Waals surface area contributed by atoms with Crippen molar-refractivity contribution < 1.29 is 9.18 Å². The van der Waals surface area contributed by atoms with Crippen LogP contribution in [0.3, 0.4) is 0 Å². The largest absolute Gasteiger partial charge is 0.364 e. The smallest absolute Gasteiger partial charge is 0.270 e. The first-order valence-corrected chi connectivity index (χ1v) is 9.72. The molecule has 1 aliphatic rings. The lowest BCUT2D eigenvalue weighted by atomic mass is 10.1. The minimum Gasteiger partial charge on any atom is -0.364 e. The Morgan fingerprint density at radius 1 is 1.33 bits per heavy atom. The van der Waals surface area contributed by atoms with Crippen LogP contribution >= 0.6 is 11.3 Å². The van der Waals surface area contributed by atoms with Gasteiger partial charge in [0, 0.05) is 29.4 Å². The number of halogens is 1. The lowest BCUT2D eigenvalue weighted by Crippen LogP contribution is -2.42. The Hall–Kier alpha value is -2.42. The van der Waals surface area contributed by atoms with Crippen molar-refractivity contribution in [3.05, 3.63) is 47.5 Å². The fourth-order valence-corrected chi connectivity index (χ4v) is 4.48. The highest BCUT2D eigenvalue weighted by Crippen LogP contribution is 2.36. The zero-order chi connectivity index (χ0) is 18.8. The number of amides is 1. The molecule has 1 aliphatic heterocycles. The number of piperidine rings is 1. The molecule has 0 spiro atoms. The number of nitrogens with zero attached hydrogens (tertiary/aromatic N) is 2. The molecule has 4 N–H and O–H groups in total. The minimum atomic E-state index is -0.601. The summed E-state index contributed by atoms with van der Waals surface area (Å²) in [6.45, 7) is 2.55. The van der Waals surface area contributed by atoms with Crippen molar-refractivity contribution in [1.82, 2.24) is 20.8 Å². The molecule has 0 radical (unpaired) electrons. The fourth-order valence-electron chi connectivity index (χ4n) is 3.31. The Bertz CT molecular complexity index is 966. The Balaban J connectivity index is 1.70. The van der Waals surface area contributed by atoms with Gasteiger partial charge in [-0.15, -0.1) is 16.4 Å². The summed E-state index contributed by atoms with van der Waals surface area (Å²) < 4.78 is 13.9. The van der Waals surface area contributed by atoms with Crippen LogP contribution in [-0.4, -0.2) is 35.2 Å². The first kappa shape index (κ1) is 18.0. The SMILES string of the molecule is NC(=O)c1nnc(CNC2CCCNC2)c2cc(-c3ccc(F)cc3)sc12. The molecule has 4 rings (SSSR count). The van der Waals surface area contributed by atoms with Crippen molar-refractivity contribution in [3.63, 3.8) is 0 Å². The first-order valence-electron chi connectivity index (χ1n) is 8.91. The lowest BCUT2D eigenvalue weighted by Gasteiger charge is -2.23. The monoisotopic (exact) mass is 385 g/mol. The summed E-state index contributed by atoms with van der Waals surface area (Å²) in [6.07, 6.45) is 2.26. The van der Waals surface area contributed by atoms with Gasteiger partial charge in [0.1, 0.15) is 5.82 Å². The third kappa shape index (κ3) is 3.83. The Kier molecular flexibility index (Phi) is 5.11. The number of carbonyl (C=O) groups is 1. The molecule has 1 saturated heterocycles. The van der Waals surface area contributed by atoms with E-state index in [4.69, 9.17) is 5.73 Å². The van der Waals surface area contributed by atoms with Crippen LogP contribution in [0.1, 0.15) is 29.0 Å². The number of primary amides is 1. The van der Waals surface area contributed by atoms with Gasteiger partial charge in [0.05, 0.1) is 10.4 Å². The van der Waals surface area contributed by atoms with Gasteiger partial charge in [-0.1, -0.05) is 12.1 Å². The van der Waals surface area contributed by atoms with Crippen molar-refractivity contribution in [2.75, 3.05) is 13.1 Å². The zero-order valence-electron chi connectivity index (χ0n) is 14.7. The predicted octanol–water partition coefficient (Wildman–Crippen LogP) is 2.44. The second-order valence-corrected chi connectivity index (χ2v) is 7.70. The van der Waals surface area contributed by atoms with Crippen molar-refractivity contribution in [3.8, 4) is 10.4 Å². The molecule has 1 fully saturated rings. The Labute approximate surface area is 160 Å². The van der Waals surface area contributed by atoms with Gasteiger partial charge in [-0.25, -0.2) is 4.39 Å². The molecule has 1 unspecified atom stereocenters. The predicted molar refractivity (Wildman–Crippen MR) is 104 cm³/mol. The molecular weight excluding hydrogens is 365 g/mol. The van der Waals surface area contributed by atoms with Gasteiger partial charge >= 0.3 is 0 Å². The zero-order valence-corrected chi connectivity index (χ0v) is 15.5. The second-order valence-electron chi connectivity index (χ2n) is 6.64. The molecule has 0 saturated carbocycles. The number of carbonyl (C=O) groups excluding carboxylic acids is 1. The molecule has 3 aromatic rings. The number of rotatable bonds is 5. The van der Waals surface area contributed by atoms with Gasteiger partial charge in [-0.05, 0) is 43.1 Å². The summed E-state index contributed by atoms with van der Waals surface area (Å²) in [5.41, 5.74) is 7.31. The van der Waals surface area contributed by atoms with Gasteiger partial charge in [0.2, 0.25) is 0 Å². The van der Waals surface area contributed by atoms with Gasteiger partial charge in [-0.2, -0.15) is 5.10 Å². The number of benzene rings is 1. The number of nitrogens with two attached hydrogens (primary N) is 1. The Morgan fingerprint density at radius 2 is 2.15 bits per heavy atom. The van der Waals surface area contributed by atoms with Crippen LogP contribution in [0.15, 0.2) is 30.3 Å². The summed E-state index contributed by atoms with van der Waals surface area (Å²) >= 11 is 1.42. The summed E-state index contributed by atoms with van der Waals surface area (Å²) in [5, 5.41) is 16.1. The Morgan fingerprint density at radius 3 is 2.85 bits per heavy atom. The fraction of sp³-hybridized carbons (Fsp3) is 0.316. The molecular formula is C19H20FN5OS. The van der Waals surface area contributed by atoms with Gasteiger partial charge in [-0.3, -0.25) is 4.79 Å². The number of fused-ring (bicyclic) bond motifs is 1. The summed E-state index contributed by atoms with van der Waals surface area (Å²) in [4.78, 5) is 12.7. The lowest BCUT2D eigenvalue weighted by molar-refractivity contribution is 0.0996. The van der Waals surface area contributed by atoms with Crippen LogP contribution in [-0.2, 0) is 6.54 Å². The molecule has 1 amide bonds. The molecule has 8 heteroatoms. The molecule has 3 heterocycles. The van der Waals surface area contributed by atoms with Crippen molar-refractivity contribution in [2.45, 2.75) is 25.4 Å². The van der Waals surface area contributed by atoms with E-state index in [0.717, 1.165) is 52.2 Å². The number of aromatic nitrogens is 2. The number of hydrogen-bond donors (Lipinski definition) is 3. The highest BCUT2D eigenvalue weighted by Gasteiger charge is 2.19. The average Bonchev–Trinajstić information content (AvgIpc) is 3.12. The van der Waals surface area contributed by atoms with Crippen LogP contribution < -0.4 is 16.4 Å². The molecule has 0 aliphatic carbocycles. The van der Waals surface area contributed by atoms with Gasteiger partial charge in [0.15, 0.2) is 5.69 Å². The summed E-state index contributed by atoms with van der Waals surface area (Å²) in [7, 11) is 0. The third-order valence-corrected chi connectivity index (χ3v) is 5.94. The average molecular weight is 385 g/mol. The minimum absolute atomic E-state index is 0.173. The molecule has 27 heavy (non-hydrogen) atoms. The highest BCUT2D eigenvalue weighted by molar-refractivity contribution is 7.22. The van der Waals surface area contributed by atoms with Crippen molar-refractivity contribution in [2.24, 2.45) is 5.73 Å². The van der Waals surface area contributed by atoms with Gasteiger partial charge in [0.25, 0.3) is 5.91 Å². The van der Waals surface area contributed by atoms with Crippen LogP contribution in [0, 0.1) is 5.82 Å². The van der Waals surface area contributed by atoms with E-state index in [1.807, 2.05) is 6.07 Å². The number of nitrogens with one attached hydrogen (secondary N) is 2. The van der Waals surface area contributed by atoms with Crippen molar-refractivity contribution in [1.29, 1.82) is 0 Å². The van der Waals surface area contributed by atoms with Crippen molar-refractivity contribution >= 4 is 27.3 Å². The molecule has 6 nitrogen and oxygen atoms in total. The van der Waals surface area contributed by atoms with Crippen LogP contribution in [0.4, 0.5) is 4.39 Å². The normalized spacial score (nSPS) is 17.3. The summed E-state index contributed by atoms with van der Waals surface area (Å²) in [6, 6.07) is 8.65. The topological polar surface area (TPSA) is 92.9 Å². The van der Waals surface area contributed by atoms with Gasteiger partial charge < -0.3 is 16.4 Å². The molecule has 0 bridgehead atoms. The highest BCUT2D eigenvalue weighted by atomic mass is 32.1. The number of thiophene rings is 1. The van der Waals surface area contributed by atoms with E-state index in [-0.39, 0.29) is 11.5 Å². The van der Waals surface area contributed by atoms with E-state index in [1.165, 1.54) is 23.5 Å². The molecule has 2 aromatic heterocycles. The maximum Gasteiger partial charge on any atom is 0.270 e. The van der Waals surface area contributed by atoms with E-state index < -0.39 is 5.91 Å². The maximum absolute atomic E-state index is 13.2. The number of hydrogen-bond acceptors (Lipinski definition) is 6. The first-order chi connectivity index (χ1) is 13.1. The molecule has 1 aromatic carbocycles. The quantitative estimate of drug-likeness (QED) is 0.627. The second kappa shape index (κ2) is 7.67. The van der Waals surface area contributed by atoms with Crippen LogP contribution in [0.5, 0.6) is 0 Å². The third-order valence-electron chi connectivity index (χ3n) is 4.75. The standard InChI is InChI=1S/C19H20FN5OS/c20-12-5-3-11(4-6-12)16-8-14-15(10-23-13-2-1-7-22-9-13)24-25-17(19(21)26)18(14)27-16/h3-6,8,13,22-23H,1-2,7,9-10H2,(H2,21,26). The van der Waals surface area contributed by atoms with Crippen LogP contribution in [0.2, 0.25) is 0 Å². The maximum atomic E-state index is 13.2. The van der Waals surface area contributed by atoms with E-state index in [9.17, 15) is 9.18 Å². The van der Waals surface area contributed by atoms with E-state index >= 15 is 0 Å². The van der Waals surface area contributed by atoms with E-state index in [1.54, 1.807) is 12.1 Å².